The SMILES string of the molecule is O=C([N]N1CCCC1)N1CCCCC1. The summed E-state index contributed by atoms with van der Waals surface area (Å²) in [5.41, 5.74) is 4.12. The van der Waals surface area contributed by atoms with Crippen molar-refractivity contribution >= 4 is 6.03 Å². The summed E-state index contributed by atoms with van der Waals surface area (Å²) in [4.78, 5) is 13.5. The van der Waals surface area contributed by atoms with Crippen LogP contribution in [0.2, 0.25) is 0 Å². The maximum atomic E-state index is 11.7. The largest absolute Gasteiger partial charge is 0.355 e. The highest BCUT2D eigenvalue weighted by Crippen LogP contribution is 2.10. The average Bonchev–Trinajstić information content (AvgIpc) is 2.72. The van der Waals surface area contributed by atoms with Crippen LogP contribution in [0.4, 0.5) is 4.79 Å². The molecule has 0 N–H and O–H groups in total. The second-order valence-corrected chi connectivity index (χ2v) is 4.09. The van der Waals surface area contributed by atoms with Gasteiger partial charge in [0.15, 0.2) is 0 Å². The van der Waals surface area contributed by atoms with Crippen molar-refractivity contribution in [2.75, 3.05) is 26.2 Å². The Balaban J connectivity index is 1.75. The van der Waals surface area contributed by atoms with E-state index in [1.165, 1.54) is 19.3 Å². The van der Waals surface area contributed by atoms with Crippen LogP contribution < -0.4 is 5.43 Å². The van der Waals surface area contributed by atoms with Crippen LogP contribution in [-0.4, -0.2) is 42.1 Å². The number of hydrogen-bond acceptors (Lipinski definition) is 2. The maximum Gasteiger partial charge on any atom is 0.355 e. The lowest BCUT2D eigenvalue weighted by molar-refractivity contribution is 0.148. The smallest absolute Gasteiger partial charge is 0.322 e. The Kier molecular flexibility index (Phi) is 3.24. The predicted octanol–water partition coefficient (Wildman–Crippen LogP) is 1.21. The van der Waals surface area contributed by atoms with Gasteiger partial charge in [0.25, 0.3) is 0 Å². The van der Waals surface area contributed by atoms with E-state index in [1.54, 1.807) is 0 Å². The first-order valence-electron chi connectivity index (χ1n) is 5.62. The van der Waals surface area contributed by atoms with Crippen LogP contribution in [0, 0.1) is 0 Å². The second-order valence-electron chi connectivity index (χ2n) is 4.09. The van der Waals surface area contributed by atoms with Gasteiger partial charge in [-0.3, -0.25) is 0 Å². The summed E-state index contributed by atoms with van der Waals surface area (Å²) in [5, 5.41) is 1.91. The van der Waals surface area contributed by atoms with Crippen molar-refractivity contribution in [1.82, 2.24) is 15.3 Å². The number of carbonyl (C=O) groups excluding carboxylic acids is 1. The molecule has 0 aliphatic carbocycles. The Labute approximate surface area is 85.2 Å². The lowest BCUT2D eigenvalue weighted by Gasteiger charge is -2.27. The van der Waals surface area contributed by atoms with Gasteiger partial charge < -0.3 is 4.90 Å². The molecule has 2 heterocycles. The fourth-order valence-corrected chi connectivity index (χ4v) is 2.07. The minimum absolute atomic E-state index is 0.0217. The summed E-state index contributed by atoms with van der Waals surface area (Å²) in [7, 11) is 0. The third-order valence-corrected chi connectivity index (χ3v) is 2.94. The molecule has 79 valence electrons. The molecule has 2 fully saturated rings. The Morgan fingerprint density at radius 2 is 1.43 bits per heavy atom. The van der Waals surface area contributed by atoms with Crippen molar-refractivity contribution in [3.63, 3.8) is 0 Å². The first-order chi connectivity index (χ1) is 6.86. The number of hydrogen-bond donors (Lipinski definition) is 0. The van der Waals surface area contributed by atoms with E-state index in [4.69, 9.17) is 0 Å². The summed E-state index contributed by atoms with van der Waals surface area (Å²) >= 11 is 0. The van der Waals surface area contributed by atoms with Gasteiger partial charge in [-0.1, -0.05) is 0 Å². The topological polar surface area (TPSA) is 37.7 Å². The number of piperidine rings is 1. The van der Waals surface area contributed by atoms with Crippen LogP contribution in [0.15, 0.2) is 0 Å². The molecule has 2 amide bonds. The van der Waals surface area contributed by atoms with Gasteiger partial charge in [-0.05, 0) is 32.1 Å². The fraction of sp³-hybridized carbons (Fsp3) is 0.900. The molecule has 0 aromatic carbocycles. The van der Waals surface area contributed by atoms with Crippen molar-refractivity contribution in [3.8, 4) is 0 Å². The van der Waals surface area contributed by atoms with E-state index in [0.717, 1.165) is 39.0 Å². The second kappa shape index (κ2) is 4.64. The molecule has 0 bridgehead atoms. The van der Waals surface area contributed by atoms with Crippen LogP contribution >= 0.6 is 0 Å². The zero-order valence-corrected chi connectivity index (χ0v) is 8.61. The average molecular weight is 196 g/mol. The zero-order valence-electron chi connectivity index (χ0n) is 8.61. The van der Waals surface area contributed by atoms with E-state index in [9.17, 15) is 4.79 Å². The standard InChI is InChI=1S/C10H18N3O/c14-10(11-13-8-4-5-9-13)12-6-2-1-3-7-12/h1-9H2. The molecular weight excluding hydrogens is 178 g/mol. The maximum absolute atomic E-state index is 11.7. The number of carbonyl (C=O) groups is 1. The lowest BCUT2D eigenvalue weighted by atomic mass is 10.1. The summed E-state index contributed by atoms with van der Waals surface area (Å²) in [5.74, 6) is 0. The van der Waals surface area contributed by atoms with Crippen molar-refractivity contribution in [2.24, 2.45) is 0 Å². The zero-order chi connectivity index (χ0) is 9.80. The third-order valence-electron chi connectivity index (χ3n) is 2.94. The van der Waals surface area contributed by atoms with E-state index in [2.05, 4.69) is 5.43 Å². The molecule has 0 aromatic heterocycles. The van der Waals surface area contributed by atoms with Gasteiger partial charge in [0.2, 0.25) is 0 Å². The first-order valence-corrected chi connectivity index (χ1v) is 5.62. The third kappa shape index (κ3) is 2.38. The number of rotatable bonds is 1. The molecule has 1 radical (unpaired) electrons. The molecule has 14 heavy (non-hydrogen) atoms. The summed E-state index contributed by atoms with van der Waals surface area (Å²) in [6.07, 6.45) is 5.89. The van der Waals surface area contributed by atoms with Gasteiger partial charge in [-0.25, -0.2) is 4.79 Å². The van der Waals surface area contributed by atoms with Gasteiger partial charge in [0.05, 0.1) is 0 Å². The molecule has 2 rings (SSSR count). The molecule has 2 saturated heterocycles. The fourth-order valence-electron chi connectivity index (χ4n) is 2.07. The minimum atomic E-state index is -0.0217. The number of nitrogens with zero attached hydrogens (tertiary/aromatic N) is 3. The molecule has 4 heteroatoms. The normalized spacial score (nSPS) is 23.9. The van der Waals surface area contributed by atoms with Gasteiger partial charge in [-0.15, -0.1) is 5.43 Å². The van der Waals surface area contributed by atoms with Crippen molar-refractivity contribution in [2.45, 2.75) is 32.1 Å². The van der Waals surface area contributed by atoms with Crippen LogP contribution in [0.3, 0.4) is 0 Å². The van der Waals surface area contributed by atoms with E-state index in [0.29, 0.717) is 0 Å². The molecule has 2 aliphatic rings. The Hall–Kier alpha value is -0.770. The minimum Gasteiger partial charge on any atom is -0.322 e. The van der Waals surface area contributed by atoms with E-state index >= 15 is 0 Å². The van der Waals surface area contributed by atoms with Crippen LogP contribution in [-0.2, 0) is 0 Å². The van der Waals surface area contributed by atoms with Crippen molar-refractivity contribution in [3.05, 3.63) is 0 Å². The van der Waals surface area contributed by atoms with Gasteiger partial charge in [-0.2, -0.15) is 5.01 Å². The highest BCUT2D eigenvalue weighted by atomic mass is 16.2. The highest BCUT2D eigenvalue weighted by Gasteiger charge is 2.21. The molecular formula is C10H18N3O. The van der Waals surface area contributed by atoms with E-state index < -0.39 is 0 Å². The molecule has 0 spiro atoms. The number of amides is 2. The van der Waals surface area contributed by atoms with Crippen molar-refractivity contribution < 1.29 is 4.79 Å². The molecule has 0 unspecified atom stereocenters. The van der Waals surface area contributed by atoms with Gasteiger partial charge in [0.1, 0.15) is 0 Å². The number of likely N-dealkylation sites (tertiary alicyclic amines) is 1. The lowest BCUT2D eigenvalue weighted by Crippen LogP contribution is -2.44. The Morgan fingerprint density at radius 1 is 0.857 bits per heavy atom. The molecule has 4 nitrogen and oxygen atoms in total. The van der Waals surface area contributed by atoms with Crippen LogP contribution in [0.25, 0.3) is 0 Å². The van der Waals surface area contributed by atoms with Gasteiger partial charge >= 0.3 is 6.03 Å². The highest BCUT2D eigenvalue weighted by molar-refractivity contribution is 5.73. The molecule has 0 saturated carbocycles. The van der Waals surface area contributed by atoms with Crippen LogP contribution in [0.5, 0.6) is 0 Å². The number of urea groups is 1. The first kappa shape index (κ1) is 9.77. The van der Waals surface area contributed by atoms with Crippen LogP contribution in [0.1, 0.15) is 32.1 Å². The monoisotopic (exact) mass is 196 g/mol. The predicted molar refractivity (Wildman–Crippen MR) is 53.8 cm³/mol. The van der Waals surface area contributed by atoms with E-state index in [1.807, 2.05) is 9.91 Å². The molecule has 0 aromatic rings. The van der Waals surface area contributed by atoms with E-state index in [-0.39, 0.29) is 6.03 Å². The van der Waals surface area contributed by atoms with Crippen molar-refractivity contribution in [1.29, 1.82) is 0 Å². The molecule has 0 atom stereocenters. The van der Waals surface area contributed by atoms with Gasteiger partial charge in [0, 0.05) is 26.2 Å². The Morgan fingerprint density at radius 3 is 2.07 bits per heavy atom. The Bertz CT molecular complexity index is 196. The summed E-state index contributed by atoms with van der Waals surface area (Å²) in [6.45, 7) is 3.71. The summed E-state index contributed by atoms with van der Waals surface area (Å²) < 4.78 is 0. The molecule has 2 aliphatic heterocycles. The quantitative estimate of drug-likeness (QED) is 0.632. The summed E-state index contributed by atoms with van der Waals surface area (Å²) in [6, 6.07) is -0.0217.